The molecule has 1 aliphatic heterocycles. The van der Waals surface area contributed by atoms with E-state index in [1.54, 1.807) is 4.68 Å². The zero-order valence-electron chi connectivity index (χ0n) is 9.30. The lowest BCUT2D eigenvalue weighted by molar-refractivity contribution is 0.122. The standard InChI is InChI=1S/C8H15N7OS/c9-7-12-8(14-1-3-16-4-2-14)13-15(7)5-10-11-6-17/h6,10H,1-5H2,(H,11,17)(H2,9,12,13). The Balaban J connectivity index is 1.98. The average molecular weight is 257 g/mol. The Bertz CT molecular complexity index is 376. The third kappa shape index (κ3) is 3.02. The summed E-state index contributed by atoms with van der Waals surface area (Å²) >= 11 is 4.61. The highest BCUT2D eigenvalue weighted by molar-refractivity contribution is 7.78. The van der Waals surface area contributed by atoms with Gasteiger partial charge in [0.15, 0.2) is 0 Å². The smallest absolute Gasteiger partial charge is 0.246 e. The number of ether oxygens (including phenoxy) is 1. The maximum atomic E-state index is 5.76. The van der Waals surface area contributed by atoms with Gasteiger partial charge in [-0.1, -0.05) is 12.2 Å². The molecule has 8 nitrogen and oxygen atoms in total. The van der Waals surface area contributed by atoms with Crippen molar-refractivity contribution in [2.24, 2.45) is 0 Å². The van der Waals surface area contributed by atoms with Crippen LogP contribution in [0, 0.1) is 0 Å². The number of morpholine rings is 1. The molecule has 0 saturated carbocycles. The molecular formula is C8H15N7OS. The summed E-state index contributed by atoms with van der Waals surface area (Å²) in [5.41, 5.74) is 12.6. The number of nitrogens with one attached hydrogen (secondary N) is 2. The fraction of sp³-hybridized carbons (Fsp3) is 0.625. The maximum Gasteiger partial charge on any atom is 0.246 e. The van der Waals surface area contributed by atoms with Crippen LogP contribution in [-0.2, 0) is 11.4 Å². The minimum Gasteiger partial charge on any atom is -0.378 e. The fourth-order valence-electron chi connectivity index (χ4n) is 1.52. The Labute approximate surface area is 104 Å². The summed E-state index contributed by atoms with van der Waals surface area (Å²) < 4.78 is 6.83. The number of hydrazine groups is 1. The fourth-order valence-corrected chi connectivity index (χ4v) is 1.60. The van der Waals surface area contributed by atoms with Gasteiger partial charge in [0, 0.05) is 13.1 Å². The van der Waals surface area contributed by atoms with Crippen molar-refractivity contribution in [3.63, 3.8) is 0 Å². The van der Waals surface area contributed by atoms with E-state index in [1.165, 1.54) is 5.49 Å². The zero-order valence-corrected chi connectivity index (χ0v) is 10.1. The van der Waals surface area contributed by atoms with Crippen molar-refractivity contribution < 1.29 is 4.74 Å². The Morgan fingerprint density at radius 1 is 1.47 bits per heavy atom. The Kier molecular flexibility index (Phi) is 4.07. The SMILES string of the molecule is Nc1nc(N2CCOCC2)nn1CNNC=S. The van der Waals surface area contributed by atoms with Gasteiger partial charge in [-0.15, -0.1) is 5.10 Å². The molecule has 0 aromatic carbocycles. The van der Waals surface area contributed by atoms with Crippen LogP contribution >= 0.6 is 12.2 Å². The van der Waals surface area contributed by atoms with Gasteiger partial charge in [-0.3, -0.25) is 0 Å². The van der Waals surface area contributed by atoms with Crippen LogP contribution in [0.4, 0.5) is 11.9 Å². The van der Waals surface area contributed by atoms with Crippen molar-refractivity contribution in [1.29, 1.82) is 0 Å². The summed E-state index contributed by atoms with van der Waals surface area (Å²) in [6, 6.07) is 0. The van der Waals surface area contributed by atoms with Crippen LogP contribution in [0.25, 0.3) is 0 Å². The van der Waals surface area contributed by atoms with E-state index in [-0.39, 0.29) is 0 Å². The van der Waals surface area contributed by atoms with Gasteiger partial charge in [-0.25, -0.2) is 10.1 Å². The highest BCUT2D eigenvalue weighted by Gasteiger charge is 2.16. The lowest BCUT2D eigenvalue weighted by Crippen LogP contribution is -2.37. The first-order chi connectivity index (χ1) is 8.31. The molecule has 94 valence electrons. The number of anilines is 2. The molecule has 0 atom stereocenters. The summed E-state index contributed by atoms with van der Waals surface area (Å²) in [6.07, 6.45) is 0. The van der Waals surface area contributed by atoms with Crippen LogP contribution in [0.3, 0.4) is 0 Å². The largest absolute Gasteiger partial charge is 0.378 e. The molecule has 0 bridgehead atoms. The first-order valence-corrected chi connectivity index (χ1v) is 5.73. The summed E-state index contributed by atoms with van der Waals surface area (Å²) in [4.78, 5) is 6.25. The van der Waals surface area contributed by atoms with Crippen molar-refractivity contribution in [2.45, 2.75) is 6.67 Å². The van der Waals surface area contributed by atoms with E-state index in [0.717, 1.165) is 13.1 Å². The molecule has 0 radical (unpaired) electrons. The molecule has 1 aliphatic rings. The molecule has 0 aliphatic carbocycles. The number of hydrogen-bond donors (Lipinski definition) is 3. The van der Waals surface area contributed by atoms with Gasteiger partial charge < -0.3 is 20.8 Å². The van der Waals surface area contributed by atoms with Crippen LogP contribution in [-0.4, -0.2) is 46.6 Å². The molecular weight excluding hydrogens is 242 g/mol. The number of rotatable bonds is 5. The molecule has 4 N–H and O–H groups in total. The second-order valence-electron chi connectivity index (χ2n) is 3.47. The quantitative estimate of drug-likeness (QED) is 0.341. The maximum absolute atomic E-state index is 5.76. The van der Waals surface area contributed by atoms with Crippen LogP contribution in [0.5, 0.6) is 0 Å². The highest BCUT2D eigenvalue weighted by Crippen LogP contribution is 2.11. The van der Waals surface area contributed by atoms with Crippen molar-refractivity contribution in [2.75, 3.05) is 36.9 Å². The lowest BCUT2D eigenvalue weighted by Gasteiger charge is -2.25. The summed E-state index contributed by atoms with van der Waals surface area (Å²) in [6.45, 7) is 3.36. The number of thiocarbonyl (C=S) groups is 1. The zero-order chi connectivity index (χ0) is 12.1. The first kappa shape index (κ1) is 12.0. The van der Waals surface area contributed by atoms with Gasteiger partial charge in [0.2, 0.25) is 11.9 Å². The van der Waals surface area contributed by atoms with Crippen molar-refractivity contribution in [3.05, 3.63) is 0 Å². The summed E-state index contributed by atoms with van der Waals surface area (Å²) in [5.74, 6) is 1.00. The predicted molar refractivity (Wildman–Crippen MR) is 67.4 cm³/mol. The van der Waals surface area contributed by atoms with Crippen molar-refractivity contribution in [1.82, 2.24) is 25.6 Å². The van der Waals surface area contributed by atoms with Gasteiger partial charge >= 0.3 is 0 Å². The molecule has 17 heavy (non-hydrogen) atoms. The Hall–Kier alpha value is -1.45. The van der Waals surface area contributed by atoms with E-state index in [9.17, 15) is 0 Å². The van der Waals surface area contributed by atoms with Crippen LogP contribution in [0.15, 0.2) is 0 Å². The Morgan fingerprint density at radius 3 is 2.94 bits per heavy atom. The Morgan fingerprint density at radius 2 is 2.24 bits per heavy atom. The predicted octanol–water partition coefficient (Wildman–Crippen LogP) is -1.29. The van der Waals surface area contributed by atoms with E-state index in [4.69, 9.17) is 10.5 Å². The minimum atomic E-state index is 0.366. The molecule has 0 amide bonds. The summed E-state index contributed by atoms with van der Waals surface area (Å²) in [5, 5.41) is 4.31. The highest BCUT2D eigenvalue weighted by atomic mass is 32.1. The second kappa shape index (κ2) is 5.75. The molecule has 1 fully saturated rings. The van der Waals surface area contributed by atoms with Gasteiger partial charge in [0.05, 0.1) is 18.7 Å². The number of hydrogen-bond acceptors (Lipinski definition) is 7. The van der Waals surface area contributed by atoms with E-state index >= 15 is 0 Å². The van der Waals surface area contributed by atoms with Crippen molar-refractivity contribution >= 4 is 29.6 Å². The monoisotopic (exact) mass is 257 g/mol. The second-order valence-corrected chi connectivity index (χ2v) is 3.70. The van der Waals surface area contributed by atoms with Gasteiger partial charge in [0.1, 0.15) is 6.67 Å². The molecule has 0 unspecified atom stereocenters. The van der Waals surface area contributed by atoms with Crippen molar-refractivity contribution in [3.8, 4) is 0 Å². The van der Waals surface area contributed by atoms with E-state index in [2.05, 4.69) is 33.2 Å². The van der Waals surface area contributed by atoms with Crippen LogP contribution < -0.4 is 21.5 Å². The minimum absolute atomic E-state index is 0.366. The third-order valence-corrected chi connectivity index (χ3v) is 2.49. The molecule has 1 aromatic heterocycles. The first-order valence-electron chi connectivity index (χ1n) is 5.26. The number of nitrogens with zero attached hydrogens (tertiary/aromatic N) is 4. The molecule has 0 spiro atoms. The van der Waals surface area contributed by atoms with Crippen LogP contribution in [0.1, 0.15) is 0 Å². The lowest BCUT2D eigenvalue weighted by atomic mass is 10.4. The number of nitrogen functional groups attached to an aromatic ring is 1. The molecule has 1 saturated heterocycles. The van der Waals surface area contributed by atoms with E-state index in [0.29, 0.717) is 31.8 Å². The van der Waals surface area contributed by atoms with Gasteiger partial charge in [-0.2, -0.15) is 4.98 Å². The van der Waals surface area contributed by atoms with Crippen LogP contribution in [0.2, 0.25) is 0 Å². The van der Waals surface area contributed by atoms with E-state index in [1.807, 2.05) is 4.90 Å². The number of nitrogens with two attached hydrogens (primary N) is 1. The molecule has 1 aromatic rings. The molecule has 2 rings (SSSR count). The van der Waals surface area contributed by atoms with Gasteiger partial charge in [-0.05, 0) is 0 Å². The molecule has 9 heteroatoms. The van der Waals surface area contributed by atoms with Gasteiger partial charge in [0.25, 0.3) is 0 Å². The third-order valence-electron chi connectivity index (χ3n) is 2.37. The number of aromatic nitrogens is 3. The van der Waals surface area contributed by atoms with E-state index < -0.39 is 0 Å². The average Bonchev–Trinajstić information content (AvgIpc) is 2.73. The summed E-state index contributed by atoms with van der Waals surface area (Å²) in [7, 11) is 0. The topological polar surface area (TPSA) is 93.3 Å². The normalized spacial score (nSPS) is 15.9. The molecule has 2 heterocycles.